The van der Waals surface area contributed by atoms with Gasteiger partial charge in [0, 0.05) is 27.0 Å². The lowest BCUT2D eigenvalue weighted by Gasteiger charge is -2.32. The first-order valence-electron chi connectivity index (χ1n) is 6.98. The molecule has 1 N–H and O–H groups in total. The van der Waals surface area contributed by atoms with Crippen LogP contribution < -0.4 is 10.1 Å². The molecule has 0 spiro atoms. The highest BCUT2D eigenvalue weighted by Gasteiger charge is 2.28. The van der Waals surface area contributed by atoms with Crippen LogP contribution in [0.5, 0.6) is 5.75 Å². The molecule has 1 heterocycles. The summed E-state index contributed by atoms with van der Waals surface area (Å²) in [5.74, 6) is 0.982. The number of benzene rings is 2. The Bertz CT molecular complexity index is 672. The van der Waals surface area contributed by atoms with Crippen molar-refractivity contribution in [2.45, 2.75) is 25.5 Å². The van der Waals surface area contributed by atoms with Gasteiger partial charge in [-0.3, -0.25) is 0 Å². The summed E-state index contributed by atoms with van der Waals surface area (Å²) >= 11 is 7.08. The highest BCUT2D eigenvalue weighted by Crippen LogP contribution is 2.41. The van der Waals surface area contributed by atoms with E-state index in [4.69, 9.17) is 4.74 Å². The van der Waals surface area contributed by atoms with Crippen molar-refractivity contribution in [1.29, 1.82) is 0 Å². The predicted octanol–water partition coefficient (Wildman–Crippen LogP) is 5.30. The number of halogens is 2. The number of hydrogen-bond acceptors (Lipinski definition) is 2. The van der Waals surface area contributed by atoms with Crippen LogP contribution in [0.25, 0.3) is 0 Å². The van der Waals surface area contributed by atoms with Crippen LogP contribution in [0.15, 0.2) is 45.3 Å². The normalized spacial score (nSPS) is 20.8. The van der Waals surface area contributed by atoms with Crippen LogP contribution in [-0.4, -0.2) is 7.05 Å². The van der Waals surface area contributed by atoms with Crippen molar-refractivity contribution in [2.75, 3.05) is 7.05 Å². The van der Waals surface area contributed by atoms with Gasteiger partial charge in [0.2, 0.25) is 0 Å². The van der Waals surface area contributed by atoms with E-state index < -0.39 is 0 Å². The van der Waals surface area contributed by atoms with Gasteiger partial charge in [-0.25, -0.2) is 0 Å². The van der Waals surface area contributed by atoms with Gasteiger partial charge in [0.25, 0.3) is 0 Å². The van der Waals surface area contributed by atoms with Crippen molar-refractivity contribution in [3.05, 3.63) is 62.0 Å². The van der Waals surface area contributed by atoms with Gasteiger partial charge in [0.1, 0.15) is 11.9 Å². The first-order valence-corrected chi connectivity index (χ1v) is 8.56. The molecule has 2 nitrogen and oxygen atoms in total. The van der Waals surface area contributed by atoms with Crippen LogP contribution >= 0.6 is 31.9 Å². The number of ether oxygens (including phenoxy) is 1. The van der Waals surface area contributed by atoms with Gasteiger partial charge in [-0.15, -0.1) is 0 Å². The van der Waals surface area contributed by atoms with Crippen LogP contribution in [-0.2, 0) is 0 Å². The van der Waals surface area contributed by atoms with Gasteiger partial charge in [-0.2, -0.15) is 0 Å². The second-order valence-corrected chi connectivity index (χ2v) is 7.11. The number of aryl methyl sites for hydroxylation is 1. The molecule has 4 heteroatoms. The largest absolute Gasteiger partial charge is 0.485 e. The Morgan fingerprint density at radius 1 is 1.10 bits per heavy atom. The summed E-state index contributed by atoms with van der Waals surface area (Å²) in [6.45, 7) is 2.12. The Morgan fingerprint density at radius 3 is 2.62 bits per heavy atom. The molecule has 1 aliphatic heterocycles. The molecule has 0 bridgehead atoms. The zero-order chi connectivity index (χ0) is 15.0. The smallest absolute Gasteiger partial charge is 0.126 e. The third-order valence-electron chi connectivity index (χ3n) is 3.92. The third kappa shape index (κ3) is 3.03. The molecular weight excluding hydrogens is 394 g/mol. The van der Waals surface area contributed by atoms with Gasteiger partial charge in [0.15, 0.2) is 0 Å². The minimum absolute atomic E-state index is 0.0713. The van der Waals surface area contributed by atoms with Crippen LogP contribution in [0.1, 0.15) is 35.3 Å². The lowest BCUT2D eigenvalue weighted by Crippen LogP contribution is -2.26. The Morgan fingerprint density at radius 2 is 1.90 bits per heavy atom. The average Bonchev–Trinajstić information content (AvgIpc) is 2.49. The molecule has 2 unspecified atom stereocenters. The molecule has 0 saturated heterocycles. The minimum Gasteiger partial charge on any atom is -0.485 e. The zero-order valence-electron chi connectivity index (χ0n) is 12.0. The summed E-state index contributed by atoms with van der Waals surface area (Å²) in [7, 11) is 2.01. The van der Waals surface area contributed by atoms with Crippen LogP contribution in [0.2, 0.25) is 0 Å². The molecule has 110 valence electrons. The van der Waals surface area contributed by atoms with Gasteiger partial charge >= 0.3 is 0 Å². The maximum atomic E-state index is 6.22. The molecule has 0 aromatic heterocycles. The maximum Gasteiger partial charge on any atom is 0.126 e. The van der Waals surface area contributed by atoms with E-state index in [9.17, 15) is 0 Å². The molecule has 0 aliphatic carbocycles. The van der Waals surface area contributed by atoms with E-state index in [0.29, 0.717) is 6.04 Å². The molecule has 2 aromatic rings. The molecule has 1 aliphatic rings. The van der Waals surface area contributed by atoms with E-state index in [0.717, 1.165) is 21.1 Å². The first kappa shape index (κ1) is 15.1. The SMILES string of the molecule is CNC1CC(c2ccc(Br)c(Br)c2)Oc2ccc(C)cc21. The van der Waals surface area contributed by atoms with Crippen molar-refractivity contribution in [3.8, 4) is 5.75 Å². The molecule has 0 saturated carbocycles. The van der Waals surface area contributed by atoms with Crippen LogP contribution in [0, 0.1) is 6.92 Å². The van der Waals surface area contributed by atoms with E-state index in [-0.39, 0.29) is 6.10 Å². The van der Waals surface area contributed by atoms with E-state index >= 15 is 0 Å². The highest BCUT2D eigenvalue weighted by atomic mass is 79.9. The summed E-state index contributed by atoms with van der Waals surface area (Å²) in [4.78, 5) is 0. The fraction of sp³-hybridized carbons (Fsp3) is 0.294. The minimum atomic E-state index is 0.0713. The second kappa shape index (κ2) is 6.11. The van der Waals surface area contributed by atoms with E-state index in [1.807, 2.05) is 7.05 Å². The van der Waals surface area contributed by atoms with Gasteiger partial charge in [-0.1, -0.05) is 23.8 Å². The Kier molecular flexibility index (Phi) is 4.38. The molecule has 2 aromatic carbocycles. The fourth-order valence-electron chi connectivity index (χ4n) is 2.78. The summed E-state index contributed by atoms with van der Waals surface area (Å²) in [5, 5.41) is 3.41. The Hall–Kier alpha value is -0.840. The maximum absolute atomic E-state index is 6.22. The van der Waals surface area contributed by atoms with Crippen molar-refractivity contribution >= 4 is 31.9 Å². The van der Waals surface area contributed by atoms with Crippen molar-refractivity contribution in [2.24, 2.45) is 0 Å². The van der Waals surface area contributed by atoms with Gasteiger partial charge < -0.3 is 10.1 Å². The molecule has 3 rings (SSSR count). The number of fused-ring (bicyclic) bond motifs is 1. The first-order chi connectivity index (χ1) is 10.1. The fourth-order valence-corrected chi connectivity index (χ4v) is 3.42. The standard InChI is InChI=1S/C17H17Br2NO/c1-10-3-6-16-12(7-10)15(20-2)9-17(21-16)11-4-5-13(18)14(19)8-11/h3-8,15,17,20H,9H2,1-2H3. The molecule has 0 radical (unpaired) electrons. The molecule has 21 heavy (non-hydrogen) atoms. The third-order valence-corrected chi connectivity index (χ3v) is 5.80. The van der Waals surface area contributed by atoms with Crippen LogP contribution in [0.3, 0.4) is 0 Å². The molecular formula is C17H17Br2NO. The summed E-state index contributed by atoms with van der Waals surface area (Å²) in [6.07, 6.45) is 1.00. The molecule has 0 fully saturated rings. The van der Waals surface area contributed by atoms with Gasteiger partial charge in [0.05, 0.1) is 0 Å². The Labute approximate surface area is 142 Å². The quantitative estimate of drug-likeness (QED) is 0.724. The van der Waals surface area contributed by atoms with E-state index in [2.05, 4.69) is 80.5 Å². The summed E-state index contributed by atoms with van der Waals surface area (Å²) in [5.41, 5.74) is 3.71. The summed E-state index contributed by atoms with van der Waals surface area (Å²) < 4.78 is 8.34. The lowest BCUT2D eigenvalue weighted by molar-refractivity contribution is 0.154. The van der Waals surface area contributed by atoms with Crippen molar-refractivity contribution < 1.29 is 4.74 Å². The summed E-state index contributed by atoms with van der Waals surface area (Å²) in [6, 6.07) is 13.0. The van der Waals surface area contributed by atoms with Gasteiger partial charge in [-0.05, 0) is 69.6 Å². The van der Waals surface area contributed by atoms with Crippen LogP contribution in [0.4, 0.5) is 0 Å². The second-order valence-electron chi connectivity index (χ2n) is 5.40. The predicted molar refractivity (Wildman–Crippen MR) is 92.8 cm³/mol. The number of rotatable bonds is 2. The Balaban J connectivity index is 1.96. The topological polar surface area (TPSA) is 21.3 Å². The highest BCUT2D eigenvalue weighted by molar-refractivity contribution is 9.13. The molecule has 0 amide bonds. The molecule has 2 atom stereocenters. The van der Waals surface area contributed by atoms with E-state index in [1.165, 1.54) is 16.7 Å². The lowest BCUT2D eigenvalue weighted by atomic mass is 9.92. The zero-order valence-corrected chi connectivity index (χ0v) is 15.2. The number of nitrogens with one attached hydrogen (secondary N) is 1. The average molecular weight is 411 g/mol. The van der Waals surface area contributed by atoms with Crippen molar-refractivity contribution in [3.63, 3.8) is 0 Å². The number of hydrogen-bond donors (Lipinski definition) is 1. The van der Waals surface area contributed by atoms with E-state index in [1.54, 1.807) is 0 Å². The van der Waals surface area contributed by atoms with Crippen molar-refractivity contribution in [1.82, 2.24) is 5.32 Å². The monoisotopic (exact) mass is 409 g/mol.